The first-order valence-electron chi connectivity index (χ1n) is 8.92. The van der Waals surface area contributed by atoms with Gasteiger partial charge in [-0.3, -0.25) is 4.79 Å². The summed E-state index contributed by atoms with van der Waals surface area (Å²) in [6.45, 7) is 1.14. The van der Waals surface area contributed by atoms with Gasteiger partial charge in [-0.2, -0.15) is 39.5 Å². The Kier molecular flexibility index (Phi) is 10.4. The third-order valence-electron chi connectivity index (χ3n) is 3.27. The van der Waals surface area contributed by atoms with Crippen LogP contribution in [0.3, 0.4) is 0 Å². The summed E-state index contributed by atoms with van der Waals surface area (Å²) in [6.07, 6.45) is -11.2. The van der Waals surface area contributed by atoms with E-state index in [2.05, 4.69) is 29.9 Å². The first-order valence-corrected chi connectivity index (χ1v) is 9.30. The summed E-state index contributed by atoms with van der Waals surface area (Å²) in [6, 6.07) is 3.20. The Labute approximate surface area is 204 Å². The SMILES string of the molecule is CC(=O)c1ccnc(C(F)(F)F)n1.FC(F)(F)c1nccc(Cl)n1.O=C(O)c1ccnc(C(F)(F)F)n1. The van der Waals surface area contributed by atoms with Crippen LogP contribution in [0.4, 0.5) is 39.5 Å². The normalized spacial score (nSPS) is 11.4. The summed E-state index contributed by atoms with van der Waals surface area (Å²) in [5.41, 5.74) is -0.912. The smallest absolute Gasteiger partial charge is 0.451 e. The van der Waals surface area contributed by atoms with Crippen molar-refractivity contribution in [1.29, 1.82) is 0 Å². The first-order chi connectivity index (χ1) is 16.8. The molecule has 3 heterocycles. The molecule has 3 aromatic heterocycles. The summed E-state index contributed by atoms with van der Waals surface area (Å²) in [4.78, 5) is 38.6. The molecule has 200 valence electrons. The third kappa shape index (κ3) is 10.7. The molecule has 0 fully saturated rings. The highest BCUT2D eigenvalue weighted by Crippen LogP contribution is 2.27. The average Bonchev–Trinajstić information content (AvgIpc) is 2.78. The highest BCUT2D eigenvalue weighted by Gasteiger charge is 2.36. The van der Waals surface area contributed by atoms with E-state index in [-0.39, 0.29) is 10.8 Å². The molecule has 0 saturated carbocycles. The molecule has 1 N–H and O–H groups in total. The average molecular weight is 565 g/mol. The van der Waals surface area contributed by atoms with Gasteiger partial charge in [0.2, 0.25) is 17.5 Å². The molecule has 3 aromatic rings. The highest BCUT2D eigenvalue weighted by atomic mass is 35.5. The molecule has 0 amide bonds. The summed E-state index contributed by atoms with van der Waals surface area (Å²) < 4.78 is 107. The van der Waals surface area contributed by atoms with Gasteiger partial charge in [0, 0.05) is 25.5 Å². The summed E-state index contributed by atoms with van der Waals surface area (Å²) >= 11 is 5.20. The minimum atomic E-state index is -4.72. The van der Waals surface area contributed by atoms with E-state index >= 15 is 0 Å². The van der Waals surface area contributed by atoms with Gasteiger partial charge in [-0.05, 0) is 18.2 Å². The fourth-order valence-corrected chi connectivity index (χ4v) is 1.92. The van der Waals surface area contributed by atoms with Gasteiger partial charge in [0.05, 0.1) is 0 Å². The van der Waals surface area contributed by atoms with Crippen LogP contribution < -0.4 is 0 Å². The zero-order valence-electron chi connectivity index (χ0n) is 17.7. The minimum Gasteiger partial charge on any atom is -0.477 e. The number of nitrogens with zero attached hydrogens (tertiary/aromatic N) is 6. The number of Topliss-reactive ketones (excluding diaryl/α,β-unsaturated/α-hetero) is 1. The zero-order chi connectivity index (χ0) is 28.6. The van der Waals surface area contributed by atoms with Crippen LogP contribution in [0.25, 0.3) is 0 Å². The molecule has 0 radical (unpaired) electrons. The molecule has 0 bridgehead atoms. The second-order valence-electron chi connectivity index (χ2n) is 6.09. The van der Waals surface area contributed by atoms with Crippen LogP contribution in [0.15, 0.2) is 36.8 Å². The molecule has 0 saturated heterocycles. The van der Waals surface area contributed by atoms with E-state index in [4.69, 9.17) is 16.7 Å². The predicted octanol–water partition coefficient (Wildman–Crippen LogP) is 5.04. The number of halogens is 10. The Balaban J connectivity index is 0.000000279. The van der Waals surface area contributed by atoms with Crippen LogP contribution in [0.1, 0.15) is 45.4 Å². The monoisotopic (exact) mass is 564 g/mol. The van der Waals surface area contributed by atoms with Crippen LogP contribution in [-0.2, 0) is 18.5 Å². The van der Waals surface area contributed by atoms with E-state index < -0.39 is 53.4 Å². The Morgan fingerprint density at radius 2 is 1.03 bits per heavy atom. The Bertz CT molecular complexity index is 1170. The van der Waals surface area contributed by atoms with E-state index in [1.54, 1.807) is 0 Å². The fraction of sp³-hybridized carbons (Fsp3) is 0.222. The number of alkyl halides is 9. The maximum absolute atomic E-state index is 12.0. The van der Waals surface area contributed by atoms with Crippen molar-refractivity contribution in [3.8, 4) is 0 Å². The van der Waals surface area contributed by atoms with Crippen molar-refractivity contribution in [2.45, 2.75) is 25.5 Å². The first kappa shape index (κ1) is 31.1. The van der Waals surface area contributed by atoms with Gasteiger partial charge in [0.1, 0.15) is 10.8 Å². The van der Waals surface area contributed by atoms with Gasteiger partial charge in [-0.15, -0.1) is 0 Å². The number of aromatic nitrogens is 6. The van der Waals surface area contributed by atoms with Crippen LogP contribution in [0.2, 0.25) is 5.15 Å². The molecule has 0 aliphatic heterocycles. The fourth-order valence-electron chi connectivity index (χ4n) is 1.78. The van der Waals surface area contributed by atoms with Gasteiger partial charge in [-0.25, -0.2) is 34.7 Å². The lowest BCUT2D eigenvalue weighted by molar-refractivity contribution is -0.145. The van der Waals surface area contributed by atoms with E-state index in [0.29, 0.717) is 0 Å². The molecular weight excluding hydrogens is 555 g/mol. The van der Waals surface area contributed by atoms with Gasteiger partial charge < -0.3 is 5.11 Å². The second-order valence-corrected chi connectivity index (χ2v) is 6.48. The number of carboxylic acids is 1. The quantitative estimate of drug-likeness (QED) is 0.258. The van der Waals surface area contributed by atoms with Crippen molar-refractivity contribution in [3.63, 3.8) is 0 Å². The van der Waals surface area contributed by atoms with Gasteiger partial charge >= 0.3 is 24.5 Å². The number of hydrogen-bond acceptors (Lipinski definition) is 8. The Morgan fingerprint density at radius 1 is 0.676 bits per heavy atom. The van der Waals surface area contributed by atoms with Crippen molar-refractivity contribution < 1.29 is 54.2 Å². The van der Waals surface area contributed by atoms with E-state index in [1.165, 1.54) is 6.07 Å². The number of aromatic carboxylic acids is 1. The molecule has 0 aliphatic carbocycles. The van der Waals surface area contributed by atoms with Crippen molar-refractivity contribution in [1.82, 2.24) is 29.9 Å². The van der Waals surface area contributed by atoms with Crippen molar-refractivity contribution in [2.75, 3.05) is 0 Å². The number of ketones is 1. The lowest BCUT2D eigenvalue weighted by Crippen LogP contribution is -2.13. The molecule has 9 nitrogen and oxygen atoms in total. The zero-order valence-corrected chi connectivity index (χ0v) is 18.4. The summed E-state index contributed by atoms with van der Waals surface area (Å²) in [5, 5.41) is 8.10. The van der Waals surface area contributed by atoms with Crippen LogP contribution >= 0.6 is 11.6 Å². The molecule has 19 heteroatoms. The number of carbonyl (C=O) groups excluding carboxylic acids is 1. The number of carbonyl (C=O) groups is 2. The number of carboxylic acid groups (broad SMARTS) is 1. The van der Waals surface area contributed by atoms with Crippen LogP contribution in [-0.4, -0.2) is 46.8 Å². The van der Waals surface area contributed by atoms with Gasteiger partial charge in [0.15, 0.2) is 11.5 Å². The Hall–Kier alpha value is -3.96. The van der Waals surface area contributed by atoms with Crippen molar-refractivity contribution in [3.05, 3.63) is 70.8 Å². The molecule has 0 spiro atoms. The van der Waals surface area contributed by atoms with E-state index in [9.17, 15) is 49.1 Å². The maximum Gasteiger partial charge on any atom is 0.451 e. The lowest BCUT2D eigenvalue weighted by Gasteiger charge is -2.04. The van der Waals surface area contributed by atoms with Gasteiger partial charge in [-0.1, -0.05) is 11.6 Å². The lowest BCUT2D eigenvalue weighted by atomic mass is 10.3. The topological polar surface area (TPSA) is 132 Å². The Morgan fingerprint density at radius 3 is 1.35 bits per heavy atom. The van der Waals surface area contributed by atoms with Crippen LogP contribution in [0.5, 0.6) is 0 Å². The minimum absolute atomic E-state index is 0.215. The summed E-state index contributed by atoms with van der Waals surface area (Å²) in [5.74, 6) is -6.00. The second kappa shape index (κ2) is 12.3. The van der Waals surface area contributed by atoms with Crippen molar-refractivity contribution in [2.24, 2.45) is 0 Å². The van der Waals surface area contributed by atoms with Crippen LogP contribution in [0, 0.1) is 0 Å². The molecular formula is C18H10ClF9N6O3. The number of hydrogen-bond donors (Lipinski definition) is 1. The highest BCUT2D eigenvalue weighted by molar-refractivity contribution is 6.29. The van der Waals surface area contributed by atoms with E-state index in [0.717, 1.165) is 37.6 Å². The third-order valence-corrected chi connectivity index (χ3v) is 3.48. The number of rotatable bonds is 2. The largest absolute Gasteiger partial charge is 0.477 e. The van der Waals surface area contributed by atoms with Gasteiger partial charge in [0.25, 0.3) is 0 Å². The molecule has 3 rings (SSSR count). The van der Waals surface area contributed by atoms with Crippen molar-refractivity contribution >= 4 is 23.4 Å². The summed E-state index contributed by atoms with van der Waals surface area (Å²) in [7, 11) is 0. The molecule has 0 aromatic carbocycles. The molecule has 0 unspecified atom stereocenters. The molecule has 0 aliphatic rings. The predicted molar refractivity (Wildman–Crippen MR) is 103 cm³/mol. The molecule has 0 atom stereocenters. The maximum atomic E-state index is 12.0. The standard InChI is InChI=1S/C7H5F3N2O.C6H3F3N2O2.C5H2ClF3N2/c1-4(13)5-2-3-11-6(12-5)7(8,9)10;7-6(8,9)5-10-2-1-3(11-5)4(12)13;6-3-1-2-10-4(11-3)5(7,8)9/h2-3H,1H3;1-2H,(H,12,13);1-2H. The van der Waals surface area contributed by atoms with E-state index in [1.807, 2.05) is 0 Å². The molecule has 37 heavy (non-hydrogen) atoms.